The van der Waals surface area contributed by atoms with E-state index in [1.165, 1.54) is 32.4 Å². The number of likely N-dealkylation sites (tertiary alicyclic amines) is 1. The molecule has 0 aliphatic carbocycles. The molecule has 1 aliphatic heterocycles. The molecule has 1 fully saturated rings. The van der Waals surface area contributed by atoms with E-state index >= 15 is 0 Å². The van der Waals surface area contributed by atoms with Crippen molar-refractivity contribution < 1.29 is 9.85 Å². The van der Waals surface area contributed by atoms with Crippen LogP contribution in [0.1, 0.15) is 38.5 Å². The third kappa shape index (κ3) is 5.41. The smallest absolute Gasteiger partial charge is 0.318 e. The van der Waals surface area contributed by atoms with Gasteiger partial charge in [0.2, 0.25) is 5.82 Å². The van der Waals surface area contributed by atoms with Crippen LogP contribution < -0.4 is 5.32 Å². The molecule has 2 heterocycles. The quantitative estimate of drug-likeness (QED) is 0.418. The number of rotatable bonds is 9. The van der Waals surface area contributed by atoms with Gasteiger partial charge in [0, 0.05) is 6.54 Å². The van der Waals surface area contributed by atoms with Crippen molar-refractivity contribution >= 4 is 17.2 Å². The molecule has 0 amide bonds. The molecule has 1 aliphatic rings. The van der Waals surface area contributed by atoms with Crippen LogP contribution in [0.25, 0.3) is 0 Å². The van der Waals surface area contributed by atoms with Crippen molar-refractivity contribution in [3.8, 4) is 0 Å². The van der Waals surface area contributed by atoms with Gasteiger partial charge in [0.25, 0.3) is 5.69 Å². The molecule has 0 unspecified atom stereocenters. The van der Waals surface area contributed by atoms with Crippen molar-refractivity contribution in [2.45, 2.75) is 38.5 Å². The van der Waals surface area contributed by atoms with Gasteiger partial charge in [-0.25, -0.2) is 4.98 Å². The average molecular weight is 337 g/mol. The number of hydrogen-bond donors (Lipinski definition) is 1. The lowest BCUT2D eigenvalue weighted by molar-refractivity contribution is -0.394. The van der Waals surface area contributed by atoms with E-state index in [1.807, 2.05) is 0 Å². The number of nitrogens with zero attached hydrogens (tertiary/aromatic N) is 4. The average Bonchev–Trinajstić information content (AvgIpc) is 2.58. The summed E-state index contributed by atoms with van der Waals surface area (Å²) in [5.41, 5.74) is -0.744. The second kappa shape index (κ2) is 9.11. The molecule has 24 heavy (non-hydrogen) atoms. The summed E-state index contributed by atoms with van der Waals surface area (Å²) in [6, 6.07) is 0.936. The van der Waals surface area contributed by atoms with Gasteiger partial charge in [0.05, 0.1) is 15.9 Å². The van der Waals surface area contributed by atoms with Crippen molar-refractivity contribution in [2.24, 2.45) is 0 Å². The second-order valence-electron chi connectivity index (χ2n) is 5.97. The third-order valence-corrected chi connectivity index (χ3v) is 4.15. The van der Waals surface area contributed by atoms with Crippen LogP contribution in [-0.4, -0.2) is 45.9 Å². The van der Waals surface area contributed by atoms with Crippen LogP contribution >= 0.6 is 0 Å². The van der Waals surface area contributed by atoms with Gasteiger partial charge in [0.15, 0.2) is 0 Å². The molecule has 0 saturated carbocycles. The standard InChI is InChI=1S/C15H23N5O4/c21-19(22)13-11-14(20(23)24)15(17-12-13)16-7-3-1-4-8-18-9-5-2-6-10-18/h11-12H,1-10H2,(H,16,17). The molecule has 0 aromatic carbocycles. The Morgan fingerprint density at radius 2 is 1.83 bits per heavy atom. The van der Waals surface area contributed by atoms with Crippen LogP contribution in [0, 0.1) is 20.2 Å². The topological polar surface area (TPSA) is 114 Å². The summed E-state index contributed by atoms with van der Waals surface area (Å²) in [6.45, 7) is 4.05. The van der Waals surface area contributed by atoms with E-state index in [0.29, 0.717) is 6.54 Å². The Morgan fingerprint density at radius 1 is 1.08 bits per heavy atom. The first-order chi connectivity index (χ1) is 11.6. The number of unbranched alkanes of at least 4 members (excludes halogenated alkanes) is 2. The maximum Gasteiger partial charge on any atom is 0.318 e. The van der Waals surface area contributed by atoms with Gasteiger partial charge in [-0.15, -0.1) is 0 Å². The minimum absolute atomic E-state index is 0.0848. The van der Waals surface area contributed by atoms with E-state index in [1.54, 1.807) is 0 Å². The molecule has 2 rings (SSSR count). The largest absolute Gasteiger partial charge is 0.364 e. The minimum Gasteiger partial charge on any atom is -0.364 e. The van der Waals surface area contributed by atoms with Gasteiger partial charge in [-0.05, 0) is 45.3 Å². The van der Waals surface area contributed by atoms with Crippen LogP contribution in [0.5, 0.6) is 0 Å². The monoisotopic (exact) mass is 337 g/mol. The van der Waals surface area contributed by atoms with Crippen molar-refractivity contribution in [1.29, 1.82) is 0 Å². The SMILES string of the molecule is O=[N+]([O-])c1cnc(NCCCCCN2CCCCC2)c([N+](=O)[O-])c1. The van der Waals surface area contributed by atoms with E-state index in [9.17, 15) is 20.2 Å². The Kier molecular flexibility index (Phi) is 6.86. The minimum atomic E-state index is -0.690. The molecule has 0 bridgehead atoms. The number of nitrogens with one attached hydrogen (secondary N) is 1. The lowest BCUT2D eigenvalue weighted by Crippen LogP contribution is -2.30. The Labute approximate surface area is 140 Å². The van der Waals surface area contributed by atoms with E-state index in [0.717, 1.165) is 38.1 Å². The number of hydrogen-bond acceptors (Lipinski definition) is 7. The highest BCUT2D eigenvalue weighted by Crippen LogP contribution is 2.26. The molecule has 0 spiro atoms. The van der Waals surface area contributed by atoms with Gasteiger partial charge in [-0.1, -0.05) is 12.8 Å². The molecule has 132 valence electrons. The summed E-state index contributed by atoms with van der Waals surface area (Å²) in [6.07, 6.45) is 7.96. The first-order valence-electron chi connectivity index (χ1n) is 8.33. The molecule has 1 saturated heterocycles. The second-order valence-corrected chi connectivity index (χ2v) is 5.97. The molecule has 1 aromatic heterocycles. The number of aromatic nitrogens is 1. The summed E-state index contributed by atoms with van der Waals surface area (Å²) in [5.74, 6) is 0.0848. The highest BCUT2D eigenvalue weighted by atomic mass is 16.6. The van der Waals surface area contributed by atoms with Crippen molar-refractivity contribution in [1.82, 2.24) is 9.88 Å². The first-order valence-corrected chi connectivity index (χ1v) is 8.33. The van der Waals surface area contributed by atoms with Gasteiger partial charge in [0.1, 0.15) is 6.20 Å². The Balaban J connectivity index is 1.73. The van der Waals surface area contributed by atoms with Crippen molar-refractivity contribution in [3.05, 3.63) is 32.5 Å². The predicted molar refractivity (Wildman–Crippen MR) is 90.2 cm³/mol. The summed E-state index contributed by atoms with van der Waals surface area (Å²) in [5, 5.41) is 24.6. The van der Waals surface area contributed by atoms with Crippen molar-refractivity contribution in [2.75, 3.05) is 31.5 Å². The molecular formula is C15H23N5O4. The van der Waals surface area contributed by atoms with Crippen LogP contribution in [0.4, 0.5) is 17.2 Å². The first kappa shape index (κ1) is 18.1. The number of pyridine rings is 1. The highest BCUT2D eigenvalue weighted by Gasteiger charge is 2.20. The fourth-order valence-corrected chi connectivity index (χ4v) is 2.84. The fraction of sp³-hybridized carbons (Fsp3) is 0.667. The molecule has 1 aromatic rings. The summed E-state index contributed by atoms with van der Waals surface area (Å²) >= 11 is 0. The number of piperidine rings is 1. The van der Waals surface area contributed by atoms with Gasteiger partial charge >= 0.3 is 5.69 Å². The molecule has 9 nitrogen and oxygen atoms in total. The van der Waals surface area contributed by atoms with E-state index in [4.69, 9.17) is 0 Å². The van der Waals surface area contributed by atoms with E-state index in [-0.39, 0.29) is 17.2 Å². The lowest BCUT2D eigenvalue weighted by Gasteiger charge is -2.26. The zero-order valence-electron chi connectivity index (χ0n) is 13.6. The van der Waals surface area contributed by atoms with Crippen molar-refractivity contribution in [3.63, 3.8) is 0 Å². The molecule has 9 heteroatoms. The Hall–Kier alpha value is -2.29. The van der Waals surface area contributed by atoms with Crippen LogP contribution in [0.2, 0.25) is 0 Å². The zero-order valence-corrected chi connectivity index (χ0v) is 13.6. The predicted octanol–water partition coefficient (Wildman–Crippen LogP) is 2.97. The van der Waals surface area contributed by atoms with Gasteiger partial charge in [-0.3, -0.25) is 20.2 Å². The van der Waals surface area contributed by atoms with E-state index in [2.05, 4.69) is 15.2 Å². The van der Waals surface area contributed by atoms with E-state index < -0.39 is 9.85 Å². The normalized spacial score (nSPS) is 15.2. The summed E-state index contributed by atoms with van der Waals surface area (Å²) < 4.78 is 0. The summed E-state index contributed by atoms with van der Waals surface area (Å²) in [7, 11) is 0. The van der Waals surface area contributed by atoms with Crippen LogP contribution in [0.15, 0.2) is 12.3 Å². The molecule has 1 N–H and O–H groups in total. The van der Waals surface area contributed by atoms with Gasteiger partial charge in [-0.2, -0.15) is 0 Å². The molecule has 0 radical (unpaired) electrons. The highest BCUT2D eigenvalue weighted by molar-refractivity contribution is 5.59. The lowest BCUT2D eigenvalue weighted by atomic mass is 10.1. The molecule has 0 atom stereocenters. The Bertz CT molecular complexity index is 575. The third-order valence-electron chi connectivity index (χ3n) is 4.15. The van der Waals surface area contributed by atoms with Crippen LogP contribution in [-0.2, 0) is 0 Å². The van der Waals surface area contributed by atoms with Gasteiger partial charge < -0.3 is 10.2 Å². The maximum absolute atomic E-state index is 11.0. The number of nitro groups is 2. The number of anilines is 1. The zero-order chi connectivity index (χ0) is 17.4. The summed E-state index contributed by atoms with van der Waals surface area (Å²) in [4.78, 5) is 26.6. The van der Waals surface area contributed by atoms with Crippen LogP contribution in [0.3, 0.4) is 0 Å². The Morgan fingerprint density at radius 3 is 2.50 bits per heavy atom. The maximum atomic E-state index is 11.0. The fourth-order valence-electron chi connectivity index (χ4n) is 2.84. The molecular weight excluding hydrogens is 314 g/mol.